The summed E-state index contributed by atoms with van der Waals surface area (Å²) in [6, 6.07) is 17.2. The molecule has 1 N–H and O–H groups in total. The van der Waals surface area contributed by atoms with Crippen LogP contribution in [0.5, 0.6) is 0 Å². The monoisotopic (exact) mass is 296 g/mol. The molecule has 0 aromatic heterocycles. The maximum absolute atomic E-state index is 11.9. The van der Waals surface area contributed by atoms with Gasteiger partial charge >= 0.3 is 0 Å². The number of nitrogens with one attached hydrogen (secondary N) is 1. The van der Waals surface area contributed by atoms with Crippen molar-refractivity contribution in [2.24, 2.45) is 4.99 Å². The maximum atomic E-state index is 11.9. The van der Waals surface area contributed by atoms with Gasteiger partial charge in [0.1, 0.15) is 11.5 Å². The molecule has 0 aliphatic carbocycles. The quantitative estimate of drug-likeness (QED) is 0.866. The minimum atomic E-state index is -0.170. The third-order valence-electron chi connectivity index (χ3n) is 3.13. The predicted molar refractivity (Wildman–Crippen MR) is 85.2 cm³/mol. The van der Waals surface area contributed by atoms with Gasteiger partial charge in [0.15, 0.2) is 0 Å². The first-order valence-electron chi connectivity index (χ1n) is 6.61. The molecule has 2 aromatic rings. The van der Waals surface area contributed by atoms with Gasteiger partial charge < -0.3 is 5.32 Å². The minimum absolute atomic E-state index is 0.170. The molecule has 4 heteroatoms. The van der Waals surface area contributed by atoms with E-state index in [0.29, 0.717) is 23.0 Å². The van der Waals surface area contributed by atoms with Crippen LogP contribution in [0.3, 0.4) is 0 Å². The summed E-state index contributed by atoms with van der Waals surface area (Å²) in [5.41, 5.74) is 2.43. The number of hydrogen-bond donors (Lipinski definition) is 1. The van der Waals surface area contributed by atoms with Gasteiger partial charge in [0.25, 0.3) is 5.91 Å². The molecule has 0 fully saturated rings. The molecule has 0 saturated heterocycles. The second kappa shape index (κ2) is 5.94. The first kappa shape index (κ1) is 13.6. The second-order valence-corrected chi connectivity index (χ2v) is 5.19. The van der Waals surface area contributed by atoms with Gasteiger partial charge in [0.05, 0.1) is 0 Å². The van der Waals surface area contributed by atoms with Crippen LogP contribution in [0.4, 0.5) is 0 Å². The Morgan fingerprint density at radius 3 is 2.48 bits per heavy atom. The largest absolute Gasteiger partial charge is 0.308 e. The van der Waals surface area contributed by atoms with Gasteiger partial charge in [-0.2, -0.15) is 0 Å². The standard InChI is InChI=1S/C17H13ClN2O/c18-14-8-6-13(7-9-14)10-15-17(21)20-16(19-15)11-12-4-2-1-3-5-12/h1-10H,11H2,(H,19,20,21)/b15-10+. The van der Waals surface area contributed by atoms with E-state index < -0.39 is 0 Å². The van der Waals surface area contributed by atoms with E-state index in [-0.39, 0.29) is 5.91 Å². The van der Waals surface area contributed by atoms with Crippen LogP contribution < -0.4 is 5.32 Å². The lowest BCUT2D eigenvalue weighted by molar-refractivity contribution is -0.115. The average molecular weight is 297 g/mol. The van der Waals surface area contributed by atoms with E-state index in [1.54, 1.807) is 18.2 Å². The minimum Gasteiger partial charge on any atom is -0.308 e. The van der Waals surface area contributed by atoms with Crippen molar-refractivity contribution in [2.45, 2.75) is 6.42 Å². The molecule has 1 aliphatic heterocycles. The fourth-order valence-corrected chi connectivity index (χ4v) is 2.23. The molecule has 1 amide bonds. The molecule has 0 atom stereocenters. The Morgan fingerprint density at radius 2 is 1.76 bits per heavy atom. The zero-order chi connectivity index (χ0) is 14.7. The van der Waals surface area contributed by atoms with Gasteiger partial charge in [0, 0.05) is 11.4 Å². The molecular formula is C17H13ClN2O. The number of hydrogen-bond acceptors (Lipinski definition) is 2. The number of carbonyl (C=O) groups excluding carboxylic acids is 1. The van der Waals surface area contributed by atoms with E-state index in [1.807, 2.05) is 42.5 Å². The molecule has 1 aliphatic rings. The van der Waals surface area contributed by atoms with Crippen LogP contribution in [0.2, 0.25) is 5.02 Å². The Balaban J connectivity index is 1.80. The highest BCUT2D eigenvalue weighted by Gasteiger charge is 2.19. The first-order chi connectivity index (χ1) is 10.2. The molecule has 1 heterocycles. The Bertz CT molecular complexity index is 718. The van der Waals surface area contributed by atoms with Crippen molar-refractivity contribution in [1.82, 2.24) is 5.32 Å². The van der Waals surface area contributed by atoms with Crippen molar-refractivity contribution in [3.63, 3.8) is 0 Å². The van der Waals surface area contributed by atoms with Crippen LogP contribution in [-0.4, -0.2) is 11.7 Å². The SMILES string of the molecule is O=C1NC(Cc2ccccc2)=N/C1=C/c1ccc(Cl)cc1. The number of amidine groups is 1. The number of halogens is 1. The number of aliphatic imine (C=N–C) groups is 1. The molecule has 21 heavy (non-hydrogen) atoms. The zero-order valence-corrected chi connectivity index (χ0v) is 12.0. The summed E-state index contributed by atoms with van der Waals surface area (Å²) in [6.45, 7) is 0. The smallest absolute Gasteiger partial charge is 0.275 e. The molecular weight excluding hydrogens is 284 g/mol. The molecule has 104 valence electrons. The van der Waals surface area contributed by atoms with Gasteiger partial charge in [0.2, 0.25) is 0 Å². The van der Waals surface area contributed by atoms with E-state index in [0.717, 1.165) is 11.1 Å². The summed E-state index contributed by atoms with van der Waals surface area (Å²) in [7, 11) is 0. The van der Waals surface area contributed by atoms with Crippen LogP contribution in [0.15, 0.2) is 65.3 Å². The highest BCUT2D eigenvalue weighted by atomic mass is 35.5. The molecule has 0 spiro atoms. The molecule has 3 rings (SSSR count). The summed E-state index contributed by atoms with van der Waals surface area (Å²) in [5, 5.41) is 3.47. The Kier molecular flexibility index (Phi) is 3.84. The number of rotatable bonds is 3. The van der Waals surface area contributed by atoms with E-state index in [9.17, 15) is 4.79 Å². The van der Waals surface area contributed by atoms with E-state index in [4.69, 9.17) is 11.6 Å². The van der Waals surface area contributed by atoms with E-state index in [2.05, 4.69) is 10.3 Å². The third kappa shape index (κ3) is 3.38. The molecule has 0 bridgehead atoms. The van der Waals surface area contributed by atoms with Gasteiger partial charge in [-0.1, -0.05) is 54.1 Å². The van der Waals surface area contributed by atoms with Crippen molar-refractivity contribution < 1.29 is 4.79 Å². The highest BCUT2D eigenvalue weighted by molar-refractivity contribution is 6.30. The first-order valence-corrected chi connectivity index (χ1v) is 6.98. The molecule has 3 nitrogen and oxygen atoms in total. The lowest BCUT2D eigenvalue weighted by atomic mass is 10.1. The van der Waals surface area contributed by atoms with Crippen molar-refractivity contribution in [1.29, 1.82) is 0 Å². The third-order valence-corrected chi connectivity index (χ3v) is 3.39. The van der Waals surface area contributed by atoms with Gasteiger partial charge in [-0.3, -0.25) is 4.79 Å². The molecule has 0 radical (unpaired) electrons. The summed E-state index contributed by atoms with van der Waals surface area (Å²) in [6.07, 6.45) is 2.37. The number of benzene rings is 2. The highest BCUT2D eigenvalue weighted by Crippen LogP contribution is 2.16. The predicted octanol–water partition coefficient (Wildman–Crippen LogP) is 3.45. The van der Waals surface area contributed by atoms with Crippen molar-refractivity contribution >= 4 is 29.4 Å². The zero-order valence-electron chi connectivity index (χ0n) is 11.2. The van der Waals surface area contributed by atoms with E-state index in [1.165, 1.54) is 0 Å². The number of nitrogens with zero attached hydrogens (tertiary/aromatic N) is 1. The topological polar surface area (TPSA) is 41.5 Å². The number of amides is 1. The van der Waals surface area contributed by atoms with Gasteiger partial charge in [-0.15, -0.1) is 0 Å². The van der Waals surface area contributed by atoms with Gasteiger partial charge in [-0.25, -0.2) is 4.99 Å². The summed E-state index contributed by atoms with van der Waals surface area (Å²) >= 11 is 5.84. The number of carbonyl (C=O) groups is 1. The normalized spacial score (nSPS) is 16.0. The lowest BCUT2D eigenvalue weighted by Gasteiger charge is -1.99. The Hall–Kier alpha value is -2.39. The lowest BCUT2D eigenvalue weighted by Crippen LogP contribution is -2.25. The van der Waals surface area contributed by atoms with Crippen molar-refractivity contribution in [3.8, 4) is 0 Å². The second-order valence-electron chi connectivity index (χ2n) is 4.76. The molecule has 2 aromatic carbocycles. The van der Waals surface area contributed by atoms with Crippen molar-refractivity contribution in [3.05, 3.63) is 76.4 Å². The van der Waals surface area contributed by atoms with Crippen LogP contribution in [0, 0.1) is 0 Å². The fourth-order valence-electron chi connectivity index (χ4n) is 2.11. The molecule has 0 saturated carbocycles. The van der Waals surface area contributed by atoms with E-state index >= 15 is 0 Å². The summed E-state index contributed by atoms with van der Waals surface area (Å²) in [5.74, 6) is 0.502. The summed E-state index contributed by atoms with van der Waals surface area (Å²) < 4.78 is 0. The Labute approximate surface area is 128 Å². The maximum Gasteiger partial charge on any atom is 0.275 e. The molecule has 0 unspecified atom stereocenters. The van der Waals surface area contributed by atoms with Crippen LogP contribution in [0.1, 0.15) is 11.1 Å². The van der Waals surface area contributed by atoms with Crippen LogP contribution in [-0.2, 0) is 11.2 Å². The van der Waals surface area contributed by atoms with Gasteiger partial charge in [-0.05, 0) is 29.3 Å². The summed E-state index contributed by atoms with van der Waals surface area (Å²) in [4.78, 5) is 16.3. The Morgan fingerprint density at radius 1 is 1.05 bits per heavy atom. The fraction of sp³-hybridized carbons (Fsp3) is 0.0588. The van der Waals surface area contributed by atoms with Crippen LogP contribution in [0.25, 0.3) is 6.08 Å². The average Bonchev–Trinajstić information content (AvgIpc) is 2.82. The van der Waals surface area contributed by atoms with Crippen LogP contribution >= 0.6 is 11.6 Å². The van der Waals surface area contributed by atoms with Crippen molar-refractivity contribution in [2.75, 3.05) is 0 Å².